The lowest BCUT2D eigenvalue weighted by Gasteiger charge is -2.14. The summed E-state index contributed by atoms with van der Waals surface area (Å²) in [5.41, 5.74) is 2.78. The minimum absolute atomic E-state index is 0.0371. The first-order chi connectivity index (χ1) is 10.6. The van der Waals surface area contributed by atoms with Gasteiger partial charge in [-0.1, -0.05) is 27.5 Å². The zero-order valence-corrected chi connectivity index (χ0v) is 13.6. The van der Waals surface area contributed by atoms with E-state index in [1.165, 1.54) is 12.1 Å². The number of rotatable bonds is 3. The van der Waals surface area contributed by atoms with E-state index in [1.54, 1.807) is 12.3 Å². The van der Waals surface area contributed by atoms with Crippen molar-refractivity contribution in [2.75, 3.05) is 5.32 Å². The molecule has 22 heavy (non-hydrogen) atoms. The molecule has 3 rings (SSSR count). The highest BCUT2D eigenvalue weighted by Crippen LogP contribution is 2.32. The summed E-state index contributed by atoms with van der Waals surface area (Å²) in [6, 6.07) is 10.1. The molecule has 0 aliphatic rings. The molecule has 3 aromatic rings. The molecule has 0 unspecified atom stereocenters. The van der Waals surface area contributed by atoms with Crippen molar-refractivity contribution in [2.24, 2.45) is 0 Å². The maximum atomic E-state index is 13.3. The summed E-state index contributed by atoms with van der Waals surface area (Å²) in [6.07, 6.45) is 1.61. The highest BCUT2D eigenvalue weighted by Gasteiger charge is 2.10. The Labute approximate surface area is 139 Å². The van der Waals surface area contributed by atoms with Gasteiger partial charge in [-0.25, -0.2) is 4.39 Å². The van der Waals surface area contributed by atoms with Gasteiger partial charge in [0.15, 0.2) is 0 Å². The molecule has 0 amide bonds. The average molecular weight is 382 g/mol. The molecule has 1 aromatic heterocycles. The van der Waals surface area contributed by atoms with Crippen molar-refractivity contribution in [3.8, 4) is 0 Å². The minimum atomic E-state index is -0.475. The number of pyridine rings is 1. The molecular formula is C16H11BrClFN2O. The van der Waals surface area contributed by atoms with E-state index in [0.29, 0.717) is 11.3 Å². The molecule has 2 aromatic carbocycles. The Morgan fingerprint density at radius 3 is 2.77 bits per heavy atom. The quantitative estimate of drug-likeness (QED) is 0.669. The molecule has 0 radical (unpaired) electrons. The number of anilines is 2. The topological polar surface area (TPSA) is 45.2 Å². The van der Waals surface area contributed by atoms with Gasteiger partial charge in [0.25, 0.3) is 0 Å². The van der Waals surface area contributed by atoms with Gasteiger partial charge in [0, 0.05) is 27.3 Å². The molecule has 112 valence electrons. The molecule has 0 aliphatic carbocycles. The van der Waals surface area contributed by atoms with Crippen LogP contribution in [0.3, 0.4) is 0 Å². The molecule has 0 atom stereocenters. The molecular weight excluding hydrogens is 371 g/mol. The standard InChI is InChI=1S/C16H11BrClFN2O/c17-10-1-4-15-12(5-10)16(9(8-22)7-20-15)21-11-2-3-14(19)13(18)6-11/h1-7,22H,8H2,(H,20,21). The fourth-order valence-electron chi connectivity index (χ4n) is 2.19. The third-order valence-corrected chi connectivity index (χ3v) is 4.05. The lowest BCUT2D eigenvalue weighted by Crippen LogP contribution is -1.99. The Morgan fingerprint density at radius 2 is 2.05 bits per heavy atom. The molecule has 0 spiro atoms. The number of aliphatic hydroxyl groups is 1. The van der Waals surface area contributed by atoms with Crippen molar-refractivity contribution >= 4 is 49.8 Å². The molecule has 1 heterocycles. The van der Waals surface area contributed by atoms with Crippen LogP contribution in [0.15, 0.2) is 47.1 Å². The SMILES string of the molecule is OCc1cnc2ccc(Br)cc2c1Nc1ccc(F)c(Cl)c1. The van der Waals surface area contributed by atoms with Gasteiger partial charge in [-0.05, 0) is 36.4 Å². The zero-order valence-electron chi connectivity index (χ0n) is 11.3. The van der Waals surface area contributed by atoms with E-state index in [4.69, 9.17) is 11.6 Å². The first-order valence-electron chi connectivity index (χ1n) is 6.48. The summed E-state index contributed by atoms with van der Waals surface area (Å²) in [5.74, 6) is -0.475. The number of aliphatic hydroxyl groups excluding tert-OH is 1. The van der Waals surface area contributed by atoms with Gasteiger partial charge in [0.2, 0.25) is 0 Å². The Morgan fingerprint density at radius 1 is 1.23 bits per heavy atom. The van der Waals surface area contributed by atoms with Gasteiger partial charge in [0.05, 0.1) is 22.8 Å². The molecule has 3 nitrogen and oxygen atoms in total. The predicted molar refractivity (Wildman–Crippen MR) is 90.1 cm³/mol. The Bertz CT molecular complexity index is 857. The van der Waals surface area contributed by atoms with Crippen LogP contribution >= 0.6 is 27.5 Å². The van der Waals surface area contributed by atoms with Gasteiger partial charge in [-0.15, -0.1) is 0 Å². The fraction of sp³-hybridized carbons (Fsp3) is 0.0625. The van der Waals surface area contributed by atoms with Crippen LogP contribution in [0, 0.1) is 5.82 Å². The van der Waals surface area contributed by atoms with Crippen molar-refractivity contribution in [1.82, 2.24) is 4.98 Å². The molecule has 0 aliphatic heterocycles. The second-order valence-corrected chi connectivity index (χ2v) is 6.05. The monoisotopic (exact) mass is 380 g/mol. The fourth-order valence-corrected chi connectivity index (χ4v) is 2.73. The van der Waals surface area contributed by atoms with Crippen molar-refractivity contribution in [1.29, 1.82) is 0 Å². The van der Waals surface area contributed by atoms with Crippen LogP contribution in [0.1, 0.15) is 5.56 Å². The van der Waals surface area contributed by atoms with E-state index in [0.717, 1.165) is 21.1 Å². The maximum Gasteiger partial charge on any atom is 0.141 e. The lowest BCUT2D eigenvalue weighted by molar-refractivity contribution is 0.282. The molecule has 0 saturated heterocycles. The summed E-state index contributed by atoms with van der Waals surface area (Å²) >= 11 is 9.24. The number of aromatic nitrogens is 1. The molecule has 6 heteroatoms. The number of hydrogen-bond donors (Lipinski definition) is 2. The van der Waals surface area contributed by atoms with E-state index in [-0.39, 0.29) is 11.6 Å². The number of benzene rings is 2. The van der Waals surface area contributed by atoms with Crippen molar-refractivity contribution in [3.05, 3.63) is 63.5 Å². The van der Waals surface area contributed by atoms with Gasteiger partial charge in [0.1, 0.15) is 5.82 Å². The van der Waals surface area contributed by atoms with Crippen LogP contribution in [0.2, 0.25) is 5.02 Å². The third kappa shape index (κ3) is 2.92. The number of fused-ring (bicyclic) bond motifs is 1. The number of hydrogen-bond acceptors (Lipinski definition) is 3. The molecule has 0 fully saturated rings. The zero-order chi connectivity index (χ0) is 15.7. The maximum absolute atomic E-state index is 13.3. The highest BCUT2D eigenvalue weighted by molar-refractivity contribution is 9.10. The highest BCUT2D eigenvalue weighted by atomic mass is 79.9. The van der Waals surface area contributed by atoms with E-state index in [1.807, 2.05) is 18.2 Å². The normalized spacial score (nSPS) is 10.9. The second-order valence-electron chi connectivity index (χ2n) is 4.73. The summed E-state index contributed by atoms with van der Waals surface area (Å²) in [5, 5.41) is 13.6. The van der Waals surface area contributed by atoms with E-state index in [9.17, 15) is 9.50 Å². The van der Waals surface area contributed by atoms with Crippen LogP contribution in [-0.2, 0) is 6.61 Å². The van der Waals surface area contributed by atoms with Gasteiger partial charge in [-0.3, -0.25) is 4.98 Å². The molecule has 0 bridgehead atoms. The number of nitrogens with one attached hydrogen (secondary N) is 1. The molecule has 0 saturated carbocycles. The average Bonchev–Trinajstić information content (AvgIpc) is 2.51. The van der Waals surface area contributed by atoms with Crippen LogP contribution in [0.5, 0.6) is 0 Å². The first kappa shape index (κ1) is 15.2. The van der Waals surface area contributed by atoms with Crippen LogP contribution in [0.4, 0.5) is 15.8 Å². The van der Waals surface area contributed by atoms with Crippen LogP contribution < -0.4 is 5.32 Å². The number of halogens is 3. The Kier molecular flexibility index (Phi) is 4.29. The van der Waals surface area contributed by atoms with E-state index >= 15 is 0 Å². The van der Waals surface area contributed by atoms with Gasteiger partial charge < -0.3 is 10.4 Å². The van der Waals surface area contributed by atoms with Gasteiger partial charge >= 0.3 is 0 Å². The van der Waals surface area contributed by atoms with Crippen LogP contribution in [-0.4, -0.2) is 10.1 Å². The summed E-state index contributed by atoms with van der Waals surface area (Å²) in [7, 11) is 0. The van der Waals surface area contributed by atoms with Crippen molar-refractivity contribution in [2.45, 2.75) is 6.61 Å². The van der Waals surface area contributed by atoms with E-state index < -0.39 is 5.82 Å². The summed E-state index contributed by atoms with van der Waals surface area (Å²) in [6.45, 7) is -0.160. The predicted octanol–water partition coefficient (Wildman–Crippen LogP) is 5.03. The lowest BCUT2D eigenvalue weighted by atomic mass is 10.1. The third-order valence-electron chi connectivity index (χ3n) is 3.27. The van der Waals surface area contributed by atoms with Crippen molar-refractivity contribution in [3.63, 3.8) is 0 Å². The first-order valence-corrected chi connectivity index (χ1v) is 7.65. The Hall–Kier alpha value is -1.69. The van der Waals surface area contributed by atoms with Gasteiger partial charge in [-0.2, -0.15) is 0 Å². The number of nitrogens with zero attached hydrogens (tertiary/aromatic N) is 1. The smallest absolute Gasteiger partial charge is 0.141 e. The second kappa shape index (κ2) is 6.20. The minimum Gasteiger partial charge on any atom is -0.392 e. The largest absolute Gasteiger partial charge is 0.392 e. The molecule has 2 N–H and O–H groups in total. The van der Waals surface area contributed by atoms with E-state index in [2.05, 4.69) is 26.2 Å². The Balaban J connectivity index is 2.15. The summed E-state index contributed by atoms with van der Waals surface area (Å²) in [4.78, 5) is 4.32. The van der Waals surface area contributed by atoms with Crippen LogP contribution in [0.25, 0.3) is 10.9 Å². The summed E-state index contributed by atoms with van der Waals surface area (Å²) < 4.78 is 14.2. The van der Waals surface area contributed by atoms with Crippen molar-refractivity contribution < 1.29 is 9.50 Å².